The molecular formula is C13H17ClN2O3S. The second-order valence-electron chi connectivity index (χ2n) is 4.80. The molecule has 2 atom stereocenters. The minimum atomic E-state index is -0.954. The standard InChI is InChI=1S/C13H17ClN2O3S/c1-3-4-11-16(10(7-20-11)13(18)19)12(17)9-5-8(14)6-15(9)2/h5-6,10-11H,3-4,7H2,1-2H3,(H,18,19). The number of halogens is 1. The van der Waals surface area contributed by atoms with Gasteiger partial charge >= 0.3 is 5.97 Å². The molecule has 0 aromatic carbocycles. The summed E-state index contributed by atoms with van der Waals surface area (Å²) in [5.41, 5.74) is 0.421. The molecule has 0 bridgehead atoms. The fourth-order valence-electron chi connectivity index (χ4n) is 2.36. The smallest absolute Gasteiger partial charge is 0.327 e. The zero-order chi connectivity index (χ0) is 14.9. The molecule has 0 spiro atoms. The lowest BCUT2D eigenvalue weighted by Crippen LogP contribution is -2.46. The van der Waals surface area contributed by atoms with Gasteiger partial charge in [-0.15, -0.1) is 11.8 Å². The lowest BCUT2D eigenvalue weighted by Gasteiger charge is -2.27. The maximum atomic E-state index is 12.7. The normalized spacial score (nSPS) is 22.2. The molecule has 20 heavy (non-hydrogen) atoms. The predicted molar refractivity (Wildman–Crippen MR) is 79.2 cm³/mol. The summed E-state index contributed by atoms with van der Waals surface area (Å²) in [4.78, 5) is 25.5. The summed E-state index contributed by atoms with van der Waals surface area (Å²) in [6.45, 7) is 2.02. The highest BCUT2D eigenvalue weighted by Gasteiger charge is 2.42. The Kier molecular flexibility index (Phi) is 4.65. The van der Waals surface area contributed by atoms with Crippen LogP contribution in [0.2, 0.25) is 5.02 Å². The first-order valence-electron chi connectivity index (χ1n) is 6.44. The number of carboxylic acids is 1. The zero-order valence-electron chi connectivity index (χ0n) is 11.4. The molecule has 1 saturated heterocycles. The van der Waals surface area contributed by atoms with Gasteiger partial charge in [0.25, 0.3) is 5.91 Å². The molecule has 2 heterocycles. The summed E-state index contributed by atoms with van der Waals surface area (Å²) in [6, 6.07) is 0.812. The number of rotatable bonds is 4. The number of aryl methyl sites for hydroxylation is 1. The molecule has 5 nitrogen and oxygen atoms in total. The average Bonchev–Trinajstić information content (AvgIpc) is 2.92. The van der Waals surface area contributed by atoms with Gasteiger partial charge in [0.05, 0.1) is 10.4 Å². The largest absolute Gasteiger partial charge is 0.480 e. The summed E-state index contributed by atoms with van der Waals surface area (Å²) in [6.07, 6.45) is 3.34. The van der Waals surface area contributed by atoms with Crippen LogP contribution in [0.5, 0.6) is 0 Å². The Morgan fingerprint density at radius 2 is 2.25 bits per heavy atom. The highest BCUT2D eigenvalue weighted by molar-refractivity contribution is 8.00. The number of nitrogens with zero attached hydrogens (tertiary/aromatic N) is 2. The summed E-state index contributed by atoms with van der Waals surface area (Å²) in [5.74, 6) is -0.788. The molecule has 1 aliphatic heterocycles. The third kappa shape index (κ3) is 2.81. The second kappa shape index (κ2) is 6.10. The highest BCUT2D eigenvalue weighted by atomic mass is 35.5. The second-order valence-corrected chi connectivity index (χ2v) is 6.44. The van der Waals surface area contributed by atoms with Crippen LogP contribution in [0.4, 0.5) is 0 Å². The number of amides is 1. The van der Waals surface area contributed by atoms with Crippen LogP contribution >= 0.6 is 23.4 Å². The lowest BCUT2D eigenvalue weighted by molar-refractivity contribution is -0.141. The van der Waals surface area contributed by atoms with Gasteiger partial charge in [0.1, 0.15) is 11.7 Å². The van der Waals surface area contributed by atoms with E-state index in [0.29, 0.717) is 16.5 Å². The molecule has 2 rings (SSSR count). The van der Waals surface area contributed by atoms with Gasteiger partial charge in [-0.2, -0.15) is 0 Å². The van der Waals surface area contributed by atoms with Crippen LogP contribution in [0.1, 0.15) is 30.3 Å². The van der Waals surface area contributed by atoms with Crippen molar-refractivity contribution in [2.24, 2.45) is 7.05 Å². The van der Waals surface area contributed by atoms with Crippen LogP contribution in [-0.2, 0) is 11.8 Å². The quantitative estimate of drug-likeness (QED) is 0.926. The van der Waals surface area contributed by atoms with Gasteiger partial charge < -0.3 is 14.6 Å². The van der Waals surface area contributed by atoms with Crippen LogP contribution in [0.15, 0.2) is 12.3 Å². The Hall–Kier alpha value is -1.14. The Balaban J connectivity index is 2.31. The maximum absolute atomic E-state index is 12.7. The summed E-state index contributed by atoms with van der Waals surface area (Å²) in [7, 11) is 1.73. The van der Waals surface area contributed by atoms with Gasteiger partial charge in [0, 0.05) is 19.0 Å². The first-order valence-corrected chi connectivity index (χ1v) is 7.87. The van der Waals surface area contributed by atoms with Crippen molar-refractivity contribution in [3.63, 3.8) is 0 Å². The van der Waals surface area contributed by atoms with Crippen molar-refractivity contribution >= 4 is 35.2 Å². The zero-order valence-corrected chi connectivity index (χ0v) is 12.9. The molecule has 1 aromatic heterocycles. The fourth-order valence-corrected chi connectivity index (χ4v) is 4.13. The molecular weight excluding hydrogens is 300 g/mol. The first-order chi connectivity index (χ1) is 9.45. The lowest BCUT2D eigenvalue weighted by atomic mass is 10.2. The van der Waals surface area contributed by atoms with Gasteiger partial charge in [0.2, 0.25) is 0 Å². The SMILES string of the molecule is CCCC1SCC(C(=O)O)N1C(=O)c1cc(Cl)cn1C. The topological polar surface area (TPSA) is 62.5 Å². The van der Waals surface area contributed by atoms with E-state index in [-0.39, 0.29) is 11.3 Å². The van der Waals surface area contributed by atoms with Gasteiger partial charge in [-0.25, -0.2) is 4.79 Å². The third-order valence-electron chi connectivity index (χ3n) is 3.34. The molecule has 1 fully saturated rings. The molecule has 1 amide bonds. The van der Waals surface area contributed by atoms with E-state index in [2.05, 4.69) is 0 Å². The van der Waals surface area contributed by atoms with Crippen molar-refractivity contribution in [1.29, 1.82) is 0 Å². The van der Waals surface area contributed by atoms with Crippen molar-refractivity contribution in [2.45, 2.75) is 31.2 Å². The van der Waals surface area contributed by atoms with Crippen molar-refractivity contribution < 1.29 is 14.7 Å². The van der Waals surface area contributed by atoms with Crippen LogP contribution in [-0.4, -0.2) is 43.6 Å². The van der Waals surface area contributed by atoms with E-state index in [9.17, 15) is 14.7 Å². The molecule has 1 N–H and O–H groups in total. The molecule has 2 unspecified atom stereocenters. The van der Waals surface area contributed by atoms with Crippen molar-refractivity contribution in [3.8, 4) is 0 Å². The van der Waals surface area contributed by atoms with E-state index >= 15 is 0 Å². The summed E-state index contributed by atoms with van der Waals surface area (Å²) < 4.78 is 1.63. The van der Waals surface area contributed by atoms with E-state index in [1.54, 1.807) is 23.9 Å². The van der Waals surface area contributed by atoms with Gasteiger partial charge in [-0.05, 0) is 12.5 Å². The van der Waals surface area contributed by atoms with E-state index in [1.807, 2.05) is 6.92 Å². The molecule has 0 saturated carbocycles. The fraction of sp³-hybridized carbons (Fsp3) is 0.538. The molecule has 0 aliphatic carbocycles. The summed E-state index contributed by atoms with van der Waals surface area (Å²) in [5, 5.41) is 9.69. The van der Waals surface area contributed by atoms with Gasteiger partial charge in [0.15, 0.2) is 0 Å². The first kappa shape index (κ1) is 15.3. The minimum absolute atomic E-state index is 0.0812. The number of carbonyl (C=O) groups is 2. The number of carboxylic acid groups (broad SMARTS) is 1. The Morgan fingerprint density at radius 3 is 2.75 bits per heavy atom. The Morgan fingerprint density at radius 1 is 1.55 bits per heavy atom. The van der Waals surface area contributed by atoms with Gasteiger partial charge in [-0.3, -0.25) is 4.79 Å². The average molecular weight is 317 g/mol. The number of hydrogen-bond acceptors (Lipinski definition) is 3. The van der Waals surface area contributed by atoms with Crippen LogP contribution in [0, 0.1) is 0 Å². The van der Waals surface area contributed by atoms with E-state index in [4.69, 9.17) is 11.6 Å². The molecule has 1 aromatic rings. The van der Waals surface area contributed by atoms with Crippen LogP contribution in [0.3, 0.4) is 0 Å². The van der Waals surface area contributed by atoms with Crippen molar-refractivity contribution in [2.75, 3.05) is 5.75 Å². The number of thioether (sulfide) groups is 1. The molecule has 0 radical (unpaired) electrons. The van der Waals surface area contributed by atoms with E-state index in [0.717, 1.165) is 12.8 Å². The minimum Gasteiger partial charge on any atom is -0.480 e. The van der Waals surface area contributed by atoms with E-state index < -0.39 is 12.0 Å². The highest BCUT2D eigenvalue weighted by Crippen LogP contribution is 2.34. The van der Waals surface area contributed by atoms with Crippen LogP contribution in [0.25, 0.3) is 0 Å². The molecule has 1 aliphatic rings. The number of aromatic nitrogens is 1. The Bertz CT molecular complexity index is 532. The number of carbonyl (C=O) groups excluding carboxylic acids is 1. The third-order valence-corrected chi connectivity index (χ3v) is 4.90. The number of aliphatic carboxylic acids is 1. The Labute approximate surface area is 126 Å². The van der Waals surface area contributed by atoms with Crippen molar-refractivity contribution in [3.05, 3.63) is 23.0 Å². The van der Waals surface area contributed by atoms with E-state index in [1.165, 1.54) is 16.7 Å². The summed E-state index contributed by atoms with van der Waals surface area (Å²) >= 11 is 7.43. The number of hydrogen-bond donors (Lipinski definition) is 1. The molecule has 110 valence electrons. The maximum Gasteiger partial charge on any atom is 0.327 e. The van der Waals surface area contributed by atoms with Gasteiger partial charge in [-0.1, -0.05) is 24.9 Å². The van der Waals surface area contributed by atoms with Crippen molar-refractivity contribution in [1.82, 2.24) is 9.47 Å². The monoisotopic (exact) mass is 316 g/mol. The van der Waals surface area contributed by atoms with Crippen LogP contribution < -0.4 is 0 Å². The molecule has 7 heteroatoms. The predicted octanol–water partition coefficient (Wildman–Crippen LogP) is 2.45.